The summed E-state index contributed by atoms with van der Waals surface area (Å²) in [5, 5.41) is 2.89. The van der Waals surface area contributed by atoms with Crippen LogP contribution in [0.4, 0.5) is 0 Å². The van der Waals surface area contributed by atoms with Crippen molar-refractivity contribution in [3.8, 4) is 0 Å². The summed E-state index contributed by atoms with van der Waals surface area (Å²) in [6.07, 6.45) is 2.44. The molecule has 1 unspecified atom stereocenters. The molecule has 1 aromatic heterocycles. The van der Waals surface area contributed by atoms with E-state index in [0.717, 1.165) is 16.6 Å². The Morgan fingerprint density at radius 3 is 2.83 bits per heavy atom. The van der Waals surface area contributed by atoms with Crippen LogP contribution in [0.25, 0.3) is 0 Å². The predicted octanol–water partition coefficient (Wildman–Crippen LogP) is 2.87. The van der Waals surface area contributed by atoms with Gasteiger partial charge in [-0.2, -0.15) is 0 Å². The quantitative estimate of drug-likeness (QED) is 0.745. The fourth-order valence-electron chi connectivity index (χ4n) is 1.61. The van der Waals surface area contributed by atoms with Crippen LogP contribution in [-0.4, -0.2) is 17.4 Å². The van der Waals surface area contributed by atoms with E-state index >= 15 is 0 Å². The Hall–Kier alpha value is -0.460. The Balaban J connectivity index is 2.37. The fraction of sp³-hybridized carbons (Fsp3) is 0.500. The molecule has 0 bridgehead atoms. The van der Waals surface area contributed by atoms with E-state index in [4.69, 9.17) is 18.0 Å². The first kappa shape index (κ1) is 15.6. The van der Waals surface area contributed by atoms with Crippen molar-refractivity contribution in [2.45, 2.75) is 26.2 Å². The molecule has 0 spiro atoms. The maximum Gasteiger partial charge on any atom is 0.229 e. The number of hydrogen-bond donors (Lipinski definition) is 2. The molecule has 0 radical (unpaired) electrons. The summed E-state index contributed by atoms with van der Waals surface area (Å²) < 4.78 is 1.11. The minimum Gasteiger partial charge on any atom is -0.393 e. The highest BCUT2D eigenvalue weighted by Crippen LogP contribution is 2.22. The molecule has 1 atom stereocenters. The summed E-state index contributed by atoms with van der Waals surface area (Å²) in [5.74, 6) is -0.389. The zero-order chi connectivity index (χ0) is 13.5. The molecule has 100 valence electrons. The third kappa shape index (κ3) is 5.04. The van der Waals surface area contributed by atoms with E-state index in [0.29, 0.717) is 13.0 Å². The van der Waals surface area contributed by atoms with Crippen molar-refractivity contribution in [3.05, 3.63) is 20.8 Å². The Labute approximate surface area is 125 Å². The highest BCUT2D eigenvalue weighted by Gasteiger charge is 2.19. The van der Waals surface area contributed by atoms with Gasteiger partial charge in [0.2, 0.25) is 5.91 Å². The summed E-state index contributed by atoms with van der Waals surface area (Å²) in [7, 11) is 0. The molecule has 0 aromatic carbocycles. The third-order valence-electron chi connectivity index (χ3n) is 2.54. The van der Waals surface area contributed by atoms with Crippen molar-refractivity contribution >= 4 is 50.4 Å². The van der Waals surface area contributed by atoms with Crippen molar-refractivity contribution in [2.75, 3.05) is 6.54 Å². The lowest BCUT2D eigenvalue weighted by atomic mass is 10.0. The predicted molar refractivity (Wildman–Crippen MR) is 83.9 cm³/mol. The molecule has 0 aliphatic rings. The molecule has 18 heavy (non-hydrogen) atoms. The molecule has 0 aliphatic carbocycles. The second kappa shape index (κ2) is 7.86. The van der Waals surface area contributed by atoms with Crippen molar-refractivity contribution in [1.29, 1.82) is 0 Å². The van der Waals surface area contributed by atoms with Crippen molar-refractivity contribution in [1.82, 2.24) is 5.32 Å². The number of halogens is 1. The molecular formula is C12H17BrN2OS2. The van der Waals surface area contributed by atoms with Gasteiger partial charge in [0.15, 0.2) is 0 Å². The molecule has 0 fully saturated rings. The summed E-state index contributed by atoms with van der Waals surface area (Å²) in [6.45, 7) is 2.64. The number of nitrogens with one attached hydrogen (secondary N) is 1. The van der Waals surface area contributed by atoms with Gasteiger partial charge in [-0.15, -0.1) is 11.3 Å². The van der Waals surface area contributed by atoms with Crippen LogP contribution in [0.5, 0.6) is 0 Å². The van der Waals surface area contributed by atoms with Crippen LogP contribution in [0, 0.1) is 5.92 Å². The van der Waals surface area contributed by atoms with Crippen LogP contribution in [-0.2, 0) is 11.2 Å². The molecule has 0 saturated carbocycles. The van der Waals surface area contributed by atoms with Crippen LogP contribution in [0.2, 0.25) is 0 Å². The maximum absolute atomic E-state index is 11.9. The summed E-state index contributed by atoms with van der Waals surface area (Å²) in [5.41, 5.74) is 5.58. The fourth-order valence-corrected chi connectivity index (χ4v) is 3.32. The Bertz CT molecular complexity index is 420. The van der Waals surface area contributed by atoms with Gasteiger partial charge in [-0.3, -0.25) is 4.79 Å². The summed E-state index contributed by atoms with van der Waals surface area (Å²) in [4.78, 5) is 13.4. The normalized spacial score (nSPS) is 12.1. The molecule has 1 heterocycles. The zero-order valence-electron chi connectivity index (χ0n) is 10.2. The molecule has 3 nitrogen and oxygen atoms in total. The number of thiophene rings is 1. The summed E-state index contributed by atoms with van der Waals surface area (Å²) in [6, 6.07) is 4.06. The molecule has 0 aliphatic heterocycles. The Morgan fingerprint density at radius 1 is 1.61 bits per heavy atom. The first-order valence-corrected chi connectivity index (χ1v) is 7.87. The minimum atomic E-state index is -0.333. The monoisotopic (exact) mass is 348 g/mol. The first-order chi connectivity index (χ1) is 8.54. The van der Waals surface area contributed by atoms with Crippen molar-refractivity contribution < 1.29 is 4.79 Å². The molecule has 1 aromatic rings. The van der Waals surface area contributed by atoms with Crippen molar-refractivity contribution in [2.24, 2.45) is 11.7 Å². The van der Waals surface area contributed by atoms with E-state index in [-0.39, 0.29) is 16.8 Å². The lowest BCUT2D eigenvalue weighted by Gasteiger charge is -2.14. The average Bonchev–Trinajstić information content (AvgIpc) is 2.71. The standard InChI is InChI=1S/C12H17BrN2OS2/c1-2-3-9(11(14)17)12(16)15-7-6-8-4-5-10(13)18-8/h4-5,9H,2-3,6-7H2,1H3,(H2,14,17)(H,15,16). The first-order valence-electron chi connectivity index (χ1n) is 5.85. The molecular weight excluding hydrogens is 332 g/mol. The number of carbonyl (C=O) groups is 1. The van der Waals surface area contributed by atoms with E-state index in [2.05, 4.69) is 27.3 Å². The number of carbonyl (C=O) groups excluding carboxylic acids is 1. The maximum atomic E-state index is 11.9. The van der Waals surface area contributed by atoms with Gasteiger partial charge in [0.1, 0.15) is 0 Å². The summed E-state index contributed by atoms with van der Waals surface area (Å²) >= 11 is 10.0. The van der Waals surface area contributed by atoms with Gasteiger partial charge < -0.3 is 11.1 Å². The van der Waals surface area contributed by atoms with Crippen LogP contribution in [0.3, 0.4) is 0 Å². The van der Waals surface area contributed by atoms with E-state index in [1.54, 1.807) is 11.3 Å². The van der Waals surface area contributed by atoms with Crippen LogP contribution >= 0.6 is 39.5 Å². The van der Waals surface area contributed by atoms with E-state index in [1.165, 1.54) is 4.88 Å². The number of amides is 1. The molecule has 6 heteroatoms. The van der Waals surface area contributed by atoms with E-state index in [9.17, 15) is 4.79 Å². The topological polar surface area (TPSA) is 55.1 Å². The lowest BCUT2D eigenvalue weighted by Crippen LogP contribution is -2.38. The van der Waals surface area contributed by atoms with E-state index in [1.807, 2.05) is 13.0 Å². The van der Waals surface area contributed by atoms with Crippen molar-refractivity contribution in [3.63, 3.8) is 0 Å². The van der Waals surface area contributed by atoms with Gasteiger partial charge >= 0.3 is 0 Å². The van der Waals surface area contributed by atoms with Crippen LogP contribution in [0.1, 0.15) is 24.6 Å². The third-order valence-corrected chi connectivity index (χ3v) is 4.50. The highest BCUT2D eigenvalue weighted by molar-refractivity contribution is 9.11. The Kier molecular flexibility index (Phi) is 6.81. The van der Waals surface area contributed by atoms with Gasteiger partial charge in [0.05, 0.1) is 14.7 Å². The molecule has 1 rings (SSSR count). The number of nitrogens with two attached hydrogens (primary N) is 1. The van der Waals surface area contributed by atoms with Gasteiger partial charge in [-0.25, -0.2) is 0 Å². The number of rotatable bonds is 7. The second-order valence-corrected chi connectivity index (χ2v) is 7.01. The SMILES string of the molecule is CCCC(C(=O)NCCc1ccc(Br)s1)C(N)=S. The smallest absolute Gasteiger partial charge is 0.229 e. The number of hydrogen-bond acceptors (Lipinski definition) is 3. The van der Waals surface area contributed by atoms with E-state index < -0.39 is 0 Å². The van der Waals surface area contributed by atoms with Gasteiger partial charge in [-0.1, -0.05) is 25.6 Å². The lowest BCUT2D eigenvalue weighted by molar-refractivity contribution is -0.123. The molecule has 3 N–H and O–H groups in total. The molecule has 1 amide bonds. The largest absolute Gasteiger partial charge is 0.393 e. The van der Waals surface area contributed by atoms with Crippen LogP contribution < -0.4 is 11.1 Å². The van der Waals surface area contributed by atoms with Gasteiger partial charge in [0.25, 0.3) is 0 Å². The zero-order valence-corrected chi connectivity index (χ0v) is 13.5. The number of thiocarbonyl (C=S) groups is 1. The van der Waals surface area contributed by atoms with Gasteiger partial charge in [0, 0.05) is 11.4 Å². The average molecular weight is 349 g/mol. The Morgan fingerprint density at radius 2 is 2.33 bits per heavy atom. The molecule has 0 saturated heterocycles. The van der Waals surface area contributed by atoms with Gasteiger partial charge in [-0.05, 0) is 40.9 Å². The van der Waals surface area contributed by atoms with Crippen LogP contribution in [0.15, 0.2) is 15.9 Å². The second-order valence-electron chi connectivity index (χ2n) is 3.99. The highest BCUT2D eigenvalue weighted by atomic mass is 79.9. The minimum absolute atomic E-state index is 0.0556.